The summed E-state index contributed by atoms with van der Waals surface area (Å²) in [6, 6.07) is 11.3. The number of hydrogen-bond donors (Lipinski definition) is 2. The molecule has 0 heterocycles. The molecule has 0 saturated heterocycles. The molecule has 5 nitrogen and oxygen atoms in total. The summed E-state index contributed by atoms with van der Waals surface area (Å²) in [7, 11) is -2.24. The first-order valence-electron chi connectivity index (χ1n) is 5.65. The monoisotopic (exact) mass is 356 g/mol. The number of benzene rings is 2. The Kier molecular flexibility index (Phi) is 4.20. The molecule has 0 aliphatic carbocycles. The van der Waals surface area contributed by atoms with Crippen molar-refractivity contribution < 1.29 is 13.2 Å². The average molecular weight is 357 g/mol. The smallest absolute Gasteiger partial charge is 0.263 e. The molecule has 0 amide bonds. The van der Waals surface area contributed by atoms with Gasteiger partial charge in [-0.3, -0.25) is 4.72 Å². The van der Waals surface area contributed by atoms with E-state index in [1.54, 1.807) is 30.3 Å². The van der Waals surface area contributed by atoms with Crippen LogP contribution in [0.4, 0.5) is 11.4 Å². The maximum Gasteiger partial charge on any atom is 0.263 e. The molecule has 106 valence electrons. The number of rotatable bonds is 4. The Morgan fingerprint density at radius 3 is 2.55 bits per heavy atom. The van der Waals surface area contributed by atoms with Crippen molar-refractivity contribution in [3.63, 3.8) is 0 Å². The molecule has 0 radical (unpaired) electrons. The fraction of sp³-hybridized carbons (Fsp3) is 0.0769. The molecule has 0 aromatic heterocycles. The first-order valence-corrected chi connectivity index (χ1v) is 7.92. The molecular weight excluding hydrogens is 344 g/mol. The third-order valence-corrected chi connectivity index (χ3v) is 4.76. The van der Waals surface area contributed by atoms with Crippen LogP contribution in [0.3, 0.4) is 0 Å². The van der Waals surface area contributed by atoms with Crippen LogP contribution >= 0.6 is 15.9 Å². The predicted molar refractivity (Wildman–Crippen MR) is 82.4 cm³/mol. The van der Waals surface area contributed by atoms with E-state index < -0.39 is 10.0 Å². The van der Waals surface area contributed by atoms with Crippen LogP contribution in [0.15, 0.2) is 51.8 Å². The van der Waals surface area contributed by atoms with Crippen molar-refractivity contribution in [2.24, 2.45) is 0 Å². The SMILES string of the molecule is COc1ccc(Br)c(NS(=O)(=O)c2ccccc2N)c1. The highest BCUT2D eigenvalue weighted by atomic mass is 79.9. The minimum Gasteiger partial charge on any atom is -0.497 e. The van der Waals surface area contributed by atoms with E-state index in [0.717, 1.165) is 0 Å². The van der Waals surface area contributed by atoms with Gasteiger partial charge in [-0.25, -0.2) is 8.42 Å². The molecule has 0 fully saturated rings. The molecule has 2 aromatic carbocycles. The molecular formula is C13H13BrN2O3S. The Hall–Kier alpha value is -1.73. The van der Waals surface area contributed by atoms with Crippen molar-refractivity contribution in [3.8, 4) is 5.75 Å². The Labute approximate surface area is 125 Å². The van der Waals surface area contributed by atoms with Gasteiger partial charge in [-0.1, -0.05) is 12.1 Å². The van der Waals surface area contributed by atoms with E-state index in [-0.39, 0.29) is 10.6 Å². The highest BCUT2D eigenvalue weighted by Gasteiger charge is 2.18. The van der Waals surface area contributed by atoms with Gasteiger partial charge in [0, 0.05) is 10.5 Å². The standard InChI is InChI=1S/C13H13BrN2O3S/c1-19-9-6-7-10(14)12(8-9)16-20(17,18)13-5-3-2-4-11(13)15/h2-8,16H,15H2,1H3. The van der Waals surface area contributed by atoms with Gasteiger partial charge in [0.05, 0.1) is 18.5 Å². The van der Waals surface area contributed by atoms with Gasteiger partial charge in [-0.15, -0.1) is 0 Å². The van der Waals surface area contributed by atoms with E-state index in [9.17, 15) is 8.42 Å². The van der Waals surface area contributed by atoms with E-state index >= 15 is 0 Å². The lowest BCUT2D eigenvalue weighted by Crippen LogP contribution is -2.15. The van der Waals surface area contributed by atoms with Crippen LogP contribution in [0.1, 0.15) is 0 Å². The van der Waals surface area contributed by atoms with Gasteiger partial charge in [-0.05, 0) is 40.2 Å². The molecule has 20 heavy (non-hydrogen) atoms. The Morgan fingerprint density at radius 1 is 1.20 bits per heavy atom. The number of methoxy groups -OCH3 is 1. The van der Waals surface area contributed by atoms with Crippen LogP contribution in [0.5, 0.6) is 5.75 Å². The van der Waals surface area contributed by atoms with Gasteiger partial charge in [0.1, 0.15) is 10.6 Å². The van der Waals surface area contributed by atoms with Gasteiger partial charge in [0.15, 0.2) is 0 Å². The van der Waals surface area contributed by atoms with Crippen molar-refractivity contribution in [1.82, 2.24) is 0 Å². The highest BCUT2D eigenvalue weighted by molar-refractivity contribution is 9.10. The van der Waals surface area contributed by atoms with Crippen molar-refractivity contribution in [3.05, 3.63) is 46.9 Å². The number of halogens is 1. The summed E-state index contributed by atoms with van der Waals surface area (Å²) in [5.74, 6) is 0.548. The van der Waals surface area contributed by atoms with Crippen molar-refractivity contribution in [1.29, 1.82) is 0 Å². The number of nitrogen functional groups attached to an aromatic ring is 1. The van der Waals surface area contributed by atoms with E-state index in [1.165, 1.54) is 19.2 Å². The van der Waals surface area contributed by atoms with Crippen molar-refractivity contribution in [2.45, 2.75) is 4.90 Å². The molecule has 0 atom stereocenters. The van der Waals surface area contributed by atoms with Gasteiger partial charge in [0.2, 0.25) is 0 Å². The van der Waals surface area contributed by atoms with Crippen molar-refractivity contribution >= 4 is 37.3 Å². The van der Waals surface area contributed by atoms with Gasteiger partial charge < -0.3 is 10.5 Å². The van der Waals surface area contributed by atoms with E-state index in [4.69, 9.17) is 10.5 Å². The maximum atomic E-state index is 12.3. The van der Waals surface area contributed by atoms with E-state index in [1.807, 2.05) is 0 Å². The molecule has 0 spiro atoms. The topological polar surface area (TPSA) is 81.4 Å². The number of para-hydroxylation sites is 1. The summed E-state index contributed by atoms with van der Waals surface area (Å²) in [6.45, 7) is 0. The first kappa shape index (κ1) is 14.7. The van der Waals surface area contributed by atoms with Gasteiger partial charge >= 0.3 is 0 Å². The minimum absolute atomic E-state index is 0.0368. The molecule has 0 aliphatic heterocycles. The zero-order valence-electron chi connectivity index (χ0n) is 10.6. The van der Waals surface area contributed by atoms with Crippen LogP contribution < -0.4 is 15.2 Å². The zero-order chi connectivity index (χ0) is 14.8. The number of ether oxygens (including phenoxy) is 1. The van der Waals surface area contributed by atoms with Crippen LogP contribution in [-0.4, -0.2) is 15.5 Å². The number of nitrogens with one attached hydrogen (secondary N) is 1. The molecule has 7 heteroatoms. The summed E-state index contributed by atoms with van der Waals surface area (Å²) in [5, 5.41) is 0. The van der Waals surface area contributed by atoms with Gasteiger partial charge in [-0.2, -0.15) is 0 Å². The second-order valence-electron chi connectivity index (χ2n) is 3.99. The summed E-state index contributed by atoms with van der Waals surface area (Å²) >= 11 is 3.29. The lowest BCUT2D eigenvalue weighted by atomic mass is 10.3. The van der Waals surface area contributed by atoms with Crippen LogP contribution in [0, 0.1) is 0 Å². The maximum absolute atomic E-state index is 12.3. The fourth-order valence-corrected chi connectivity index (χ4v) is 3.32. The Morgan fingerprint density at radius 2 is 1.90 bits per heavy atom. The van der Waals surface area contributed by atoms with Gasteiger partial charge in [0.25, 0.3) is 10.0 Å². The Bertz CT molecular complexity index is 732. The molecule has 2 aromatic rings. The average Bonchev–Trinajstić information content (AvgIpc) is 2.41. The third-order valence-electron chi connectivity index (χ3n) is 2.63. The second kappa shape index (κ2) is 5.72. The van der Waals surface area contributed by atoms with E-state index in [0.29, 0.717) is 15.9 Å². The number of sulfonamides is 1. The fourth-order valence-electron chi connectivity index (χ4n) is 1.63. The van der Waals surface area contributed by atoms with E-state index in [2.05, 4.69) is 20.7 Å². The number of hydrogen-bond acceptors (Lipinski definition) is 4. The second-order valence-corrected chi connectivity index (χ2v) is 6.49. The summed E-state index contributed by atoms with van der Waals surface area (Å²) in [4.78, 5) is 0.0368. The predicted octanol–water partition coefficient (Wildman–Crippen LogP) is 2.84. The molecule has 0 unspecified atom stereocenters. The largest absolute Gasteiger partial charge is 0.497 e. The lowest BCUT2D eigenvalue weighted by Gasteiger charge is -2.12. The highest BCUT2D eigenvalue weighted by Crippen LogP contribution is 2.30. The van der Waals surface area contributed by atoms with Crippen LogP contribution in [0.25, 0.3) is 0 Å². The number of nitrogens with two attached hydrogens (primary N) is 1. The molecule has 0 bridgehead atoms. The van der Waals surface area contributed by atoms with Crippen molar-refractivity contribution in [2.75, 3.05) is 17.6 Å². The summed E-state index contributed by atoms with van der Waals surface area (Å²) < 4.78 is 32.8. The molecule has 3 N–H and O–H groups in total. The molecule has 0 saturated carbocycles. The van der Waals surface area contributed by atoms with Crippen LogP contribution in [-0.2, 0) is 10.0 Å². The molecule has 2 rings (SSSR count). The summed E-state index contributed by atoms with van der Waals surface area (Å²) in [6.07, 6.45) is 0. The zero-order valence-corrected chi connectivity index (χ0v) is 13.0. The normalized spacial score (nSPS) is 11.1. The lowest BCUT2D eigenvalue weighted by molar-refractivity contribution is 0.415. The quantitative estimate of drug-likeness (QED) is 0.825. The van der Waals surface area contributed by atoms with Crippen LogP contribution in [0.2, 0.25) is 0 Å². The molecule has 0 aliphatic rings. The first-order chi connectivity index (χ1) is 9.44. The minimum atomic E-state index is -3.75. The third kappa shape index (κ3) is 3.05. The summed E-state index contributed by atoms with van der Waals surface area (Å²) in [5.41, 5.74) is 6.27. The number of anilines is 2. The Balaban J connectivity index is 2.41.